The van der Waals surface area contributed by atoms with E-state index in [9.17, 15) is 0 Å². The molecule has 6 bridgehead atoms. The van der Waals surface area contributed by atoms with Crippen LogP contribution in [0.1, 0.15) is 0 Å². The Kier molecular flexibility index (Phi) is 5.64. The smallest absolute Gasteiger partial charge is 0.144 e. The Bertz CT molecular complexity index is 1460. The second-order valence-electron chi connectivity index (χ2n) is 9.00. The maximum atomic E-state index is 4.73. The molecular weight excluding hydrogens is 482 g/mol. The van der Waals surface area contributed by atoms with Crippen LogP contribution in [0.4, 0.5) is 51.7 Å². The van der Waals surface area contributed by atoms with Crippen molar-refractivity contribution in [3.05, 3.63) is 140 Å². The zero-order chi connectivity index (χ0) is 26.0. The Morgan fingerprint density at radius 2 is 0.641 bits per heavy atom. The normalized spacial score (nSPS) is 12.5. The third-order valence-electron chi connectivity index (χ3n) is 6.58. The molecule has 39 heavy (non-hydrogen) atoms. The first kappa shape index (κ1) is 22.6. The zero-order valence-corrected chi connectivity index (χ0v) is 20.9. The van der Waals surface area contributed by atoms with Crippen LogP contribution in [0.2, 0.25) is 0 Å². The van der Waals surface area contributed by atoms with Crippen molar-refractivity contribution in [1.29, 1.82) is 0 Å². The van der Waals surface area contributed by atoms with Gasteiger partial charge in [-0.2, -0.15) is 0 Å². The largest absolute Gasteiger partial charge is 0.295 e. The average molecular weight is 506 g/mol. The van der Waals surface area contributed by atoms with Crippen molar-refractivity contribution in [3.63, 3.8) is 0 Å². The highest BCUT2D eigenvalue weighted by molar-refractivity contribution is 5.84. The van der Waals surface area contributed by atoms with E-state index >= 15 is 0 Å². The fourth-order valence-electron chi connectivity index (χ4n) is 4.88. The minimum absolute atomic E-state index is 0.694. The van der Waals surface area contributed by atoms with Crippen molar-refractivity contribution in [2.45, 2.75) is 0 Å². The molecule has 1 aliphatic rings. The highest BCUT2D eigenvalue weighted by atomic mass is 15.3. The fourth-order valence-corrected chi connectivity index (χ4v) is 4.88. The molecule has 0 unspecified atom stereocenters. The molecule has 0 spiro atoms. The lowest BCUT2D eigenvalue weighted by Gasteiger charge is -2.31. The van der Waals surface area contributed by atoms with Crippen LogP contribution in [0.25, 0.3) is 0 Å². The SMILES string of the molecule is c1ccc(N2c3cccc(c3)N(c3ccccc3)c3cc(ncn3)N(c3ccccc3)c3cc2ncn3)cc1. The quantitative estimate of drug-likeness (QED) is 0.241. The van der Waals surface area contributed by atoms with Gasteiger partial charge in [0.15, 0.2) is 0 Å². The monoisotopic (exact) mass is 505 g/mol. The molecule has 1 aliphatic heterocycles. The summed E-state index contributed by atoms with van der Waals surface area (Å²) in [5.41, 5.74) is 4.84. The van der Waals surface area contributed by atoms with Crippen LogP contribution < -0.4 is 14.7 Å². The van der Waals surface area contributed by atoms with Gasteiger partial charge in [0.05, 0.1) is 0 Å². The molecule has 6 aromatic rings. The van der Waals surface area contributed by atoms with E-state index < -0.39 is 0 Å². The van der Waals surface area contributed by atoms with Crippen LogP contribution in [-0.2, 0) is 0 Å². The van der Waals surface area contributed by atoms with Gasteiger partial charge in [-0.05, 0) is 54.6 Å². The van der Waals surface area contributed by atoms with E-state index in [0.717, 1.165) is 40.1 Å². The van der Waals surface area contributed by atoms with Crippen molar-refractivity contribution in [3.8, 4) is 0 Å². The van der Waals surface area contributed by atoms with Gasteiger partial charge in [-0.3, -0.25) is 14.7 Å². The molecule has 2 aromatic heterocycles. The van der Waals surface area contributed by atoms with E-state index in [-0.39, 0.29) is 0 Å². The van der Waals surface area contributed by atoms with Crippen molar-refractivity contribution < 1.29 is 0 Å². The summed E-state index contributed by atoms with van der Waals surface area (Å²) in [4.78, 5) is 25.1. The zero-order valence-electron chi connectivity index (χ0n) is 20.9. The summed E-state index contributed by atoms with van der Waals surface area (Å²) in [5, 5.41) is 0. The first-order valence-electron chi connectivity index (χ1n) is 12.6. The lowest BCUT2D eigenvalue weighted by atomic mass is 10.1. The second kappa shape index (κ2) is 9.72. The predicted octanol–water partition coefficient (Wildman–Crippen LogP) is 7.99. The summed E-state index contributed by atoms with van der Waals surface area (Å²) in [5.74, 6) is 2.87. The maximum absolute atomic E-state index is 4.73. The van der Waals surface area contributed by atoms with Gasteiger partial charge >= 0.3 is 0 Å². The Morgan fingerprint density at radius 3 is 1.05 bits per heavy atom. The maximum Gasteiger partial charge on any atom is 0.144 e. The molecule has 7 rings (SSSR count). The van der Waals surface area contributed by atoms with Gasteiger partial charge in [-0.15, -0.1) is 0 Å². The lowest BCUT2D eigenvalue weighted by Crippen LogP contribution is -2.19. The molecule has 0 radical (unpaired) electrons. The van der Waals surface area contributed by atoms with E-state index in [0.29, 0.717) is 11.6 Å². The minimum Gasteiger partial charge on any atom is -0.295 e. The van der Waals surface area contributed by atoms with Crippen LogP contribution in [-0.4, -0.2) is 19.9 Å². The van der Waals surface area contributed by atoms with Gasteiger partial charge < -0.3 is 0 Å². The van der Waals surface area contributed by atoms with Gasteiger partial charge in [0.2, 0.25) is 0 Å². The molecule has 3 heterocycles. The summed E-state index contributed by atoms with van der Waals surface area (Å²) in [6.45, 7) is 0. The number of para-hydroxylation sites is 3. The van der Waals surface area contributed by atoms with Gasteiger partial charge in [0.1, 0.15) is 35.9 Å². The summed E-state index contributed by atoms with van der Waals surface area (Å²) in [6.07, 6.45) is 3.20. The average Bonchev–Trinajstić information content (AvgIpc) is 3.00. The topological polar surface area (TPSA) is 61.3 Å². The van der Waals surface area contributed by atoms with Gasteiger partial charge in [0, 0.05) is 40.6 Å². The summed E-state index contributed by atoms with van der Waals surface area (Å²) in [6, 6.07) is 42.9. The van der Waals surface area contributed by atoms with Crippen molar-refractivity contribution in [2.75, 3.05) is 14.7 Å². The molecule has 186 valence electrons. The van der Waals surface area contributed by atoms with Crippen LogP contribution in [0.15, 0.2) is 140 Å². The third-order valence-corrected chi connectivity index (χ3v) is 6.58. The summed E-state index contributed by atoms with van der Waals surface area (Å²) >= 11 is 0. The number of hydrogen-bond donors (Lipinski definition) is 0. The molecular formula is C32H23N7. The standard InChI is InChI=1S/C32H23N7/c1-4-11-24(12-5-1)37-27-17-10-18-28(19-27)38(25-13-6-2-7-14-25)30-21-32(36-23-34-30)39(26-15-8-3-9-16-26)31-20-29(37)33-22-35-31/h1-23H. The molecule has 0 fully saturated rings. The van der Waals surface area contributed by atoms with E-state index in [4.69, 9.17) is 19.9 Å². The molecule has 0 N–H and O–H groups in total. The predicted molar refractivity (Wildman–Crippen MR) is 155 cm³/mol. The van der Waals surface area contributed by atoms with Gasteiger partial charge in [-0.1, -0.05) is 60.7 Å². The highest BCUT2D eigenvalue weighted by Crippen LogP contribution is 2.42. The van der Waals surface area contributed by atoms with Gasteiger partial charge in [0.25, 0.3) is 0 Å². The molecule has 7 heteroatoms. The highest BCUT2D eigenvalue weighted by Gasteiger charge is 2.24. The van der Waals surface area contributed by atoms with Crippen molar-refractivity contribution in [2.24, 2.45) is 0 Å². The first-order chi connectivity index (χ1) is 19.3. The Morgan fingerprint density at radius 1 is 0.308 bits per heavy atom. The number of hydrogen-bond acceptors (Lipinski definition) is 7. The first-order valence-corrected chi connectivity index (χ1v) is 12.6. The molecule has 7 nitrogen and oxygen atoms in total. The van der Waals surface area contributed by atoms with E-state index in [1.165, 1.54) is 0 Å². The Labute approximate surface area is 226 Å². The molecule has 0 atom stereocenters. The van der Waals surface area contributed by atoms with E-state index in [1.807, 2.05) is 83.8 Å². The molecule has 0 amide bonds. The second-order valence-corrected chi connectivity index (χ2v) is 9.00. The van der Waals surface area contributed by atoms with E-state index in [2.05, 4.69) is 58.3 Å². The van der Waals surface area contributed by atoms with E-state index in [1.54, 1.807) is 12.7 Å². The van der Waals surface area contributed by atoms with Crippen molar-refractivity contribution in [1.82, 2.24) is 19.9 Å². The number of aromatic nitrogens is 4. The molecule has 0 aliphatic carbocycles. The molecule has 4 aromatic carbocycles. The molecule has 0 saturated carbocycles. The fraction of sp³-hybridized carbons (Fsp3) is 0. The van der Waals surface area contributed by atoms with Gasteiger partial charge in [-0.25, -0.2) is 19.9 Å². The van der Waals surface area contributed by atoms with Crippen LogP contribution in [0.3, 0.4) is 0 Å². The summed E-state index contributed by atoms with van der Waals surface area (Å²) in [7, 11) is 0. The summed E-state index contributed by atoms with van der Waals surface area (Å²) < 4.78 is 0. The number of anilines is 9. The number of fused-ring (bicyclic) bond motifs is 6. The van der Waals surface area contributed by atoms with Crippen LogP contribution in [0.5, 0.6) is 0 Å². The molecule has 0 saturated heterocycles. The number of nitrogens with zero attached hydrogens (tertiary/aromatic N) is 7. The lowest BCUT2D eigenvalue weighted by molar-refractivity contribution is 1.04. The Hall–Kier alpha value is -5.56. The van der Waals surface area contributed by atoms with Crippen LogP contribution in [0, 0.1) is 0 Å². The van der Waals surface area contributed by atoms with Crippen LogP contribution >= 0.6 is 0 Å². The number of benzene rings is 4. The minimum atomic E-state index is 0.694. The Balaban J connectivity index is 1.55. The third kappa shape index (κ3) is 4.22. The number of rotatable bonds is 3. The van der Waals surface area contributed by atoms with Crippen molar-refractivity contribution >= 4 is 51.7 Å².